The molecule has 3 N–H and O–H groups in total. The second-order valence-electron chi connectivity index (χ2n) is 17.8. The van der Waals surface area contributed by atoms with Crippen LogP contribution in [0.5, 0.6) is 11.6 Å². The smallest absolute Gasteiger partial charge is 0.407 e. The number of sulfonamides is 1. The molecule has 3 fully saturated rings. The van der Waals surface area contributed by atoms with Crippen LogP contribution in [0.1, 0.15) is 93.4 Å². The highest BCUT2D eigenvalue weighted by molar-refractivity contribution is 7.91. The van der Waals surface area contributed by atoms with Crippen molar-refractivity contribution in [3.8, 4) is 11.6 Å². The Balaban J connectivity index is 1.34. The minimum absolute atomic E-state index is 0.0376. The Morgan fingerprint density at radius 2 is 1.83 bits per heavy atom. The number of rotatable bonds is 11. The van der Waals surface area contributed by atoms with Gasteiger partial charge in [-0.05, 0) is 102 Å². The van der Waals surface area contributed by atoms with E-state index in [9.17, 15) is 36.4 Å². The maximum atomic E-state index is 15.1. The lowest BCUT2D eigenvalue weighted by Crippen LogP contribution is -2.58. The number of nitrogens with zero attached hydrogens (tertiary/aromatic N) is 2. The second kappa shape index (κ2) is 16.7. The van der Waals surface area contributed by atoms with E-state index in [4.69, 9.17) is 14.2 Å². The first-order valence-electron chi connectivity index (χ1n) is 20.6. The molecule has 0 spiro atoms. The van der Waals surface area contributed by atoms with Gasteiger partial charge in [0.1, 0.15) is 17.7 Å². The van der Waals surface area contributed by atoms with Gasteiger partial charge >= 0.3 is 6.09 Å². The number of alkyl carbamates (subject to hydrolysis) is 1. The first kappa shape index (κ1) is 44.9. The van der Waals surface area contributed by atoms with Gasteiger partial charge in [0, 0.05) is 37.4 Å². The van der Waals surface area contributed by atoms with E-state index in [-0.39, 0.29) is 50.1 Å². The van der Waals surface area contributed by atoms with Crippen LogP contribution < -0.4 is 24.8 Å². The maximum absolute atomic E-state index is 15.1. The summed E-state index contributed by atoms with van der Waals surface area (Å²) in [4.78, 5) is 62.0. The van der Waals surface area contributed by atoms with Crippen molar-refractivity contribution in [3.63, 3.8) is 0 Å². The molecule has 2 aliphatic carbocycles. The van der Waals surface area contributed by atoms with Crippen LogP contribution in [0.4, 0.5) is 18.0 Å². The van der Waals surface area contributed by atoms with Crippen molar-refractivity contribution in [2.45, 2.75) is 127 Å². The monoisotopic (exact) mass is 863 g/mol. The molecule has 18 heteroatoms. The number of nitrogens with one attached hydrogen (secondary N) is 3. The normalized spacial score (nSPS) is 28.3. The number of hydrogen-bond acceptors (Lipinski definition) is 10. The molecular weight excluding hydrogens is 808 g/mol. The summed E-state index contributed by atoms with van der Waals surface area (Å²) >= 11 is 0. The van der Waals surface area contributed by atoms with Crippen LogP contribution in [0.3, 0.4) is 0 Å². The first-order valence-corrected chi connectivity index (χ1v) is 22.1. The van der Waals surface area contributed by atoms with Gasteiger partial charge in [-0.25, -0.2) is 31.4 Å². The number of halogens is 3. The van der Waals surface area contributed by atoms with E-state index in [0.717, 1.165) is 13.8 Å². The fourth-order valence-electron chi connectivity index (χ4n) is 7.96. The van der Waals surface area contributed by atoms with Crippen molar-refractivity contribution in [1.82, 2.24) is 25.2 Å². The average molecular weight is 864 g/mol. The topological polar surface area (TPSA) is 182 Å². The van der Waals surface area contributed by atoms with Crippen molar-refractivity contribution in [2.75, 3.05) is 19.7 Å². The summed E-state index contributed by atoms with van der Waals surface area (Å²) in [5.41, 5.74) is -3.79. The minimum atomic E-state index is -4.07. The predicted octanol–water partition coefficient (Wildman–Crippen LogP) is 5.78. The van der Waals surface area contributed by atoms with Crippen molar-refractivity contribution >= 4 is 44.6 Å². The molecule has 1 saturated heterocycles. The van der Waals surface area contributed by atoms with Gasteiger partial charge in [-0.2, -0.15) is 0 Å². The van der Waals surface area contributed by atoms with Crippen LogP contribution in [-0.4, -0.2) is 95.8 Å². The van der Waals surface area contributed by atoms with Gasteiger partial charge in [0.2, 0.25) is 27.7 Å². The van der Waals surface area contributed by atoms with Gasteiger partial charge < -0.3 is 29.7 Å². The lowest BCUT2D eigenvalue weighted by Gasteiger charge is -2.33. The number of hydrogen-bond donors (Lipinski definition) is 3. The van der Waals surface area contributed by atoms with E-state index in [0.29, 0.717) is 49.8 Å². The Morgan fingerprint density at radius 3 is 2.50 bits per heavy atom. The number of allylic oxidation sites excluding steroid dienone is 1. The zero-order valence-corrected chi connectivity index (χ0v) is 35.9. The van der Waals surface area contributed by atoms with Crippen LogP contribution in [0.2, 0.25) is 0 Å². The maximum Gasteiger partial charge on any atom is 0.407 e. The third-order valence-corrected chi connectivity index (χ3v) is 14.8. The Labute approximate surface area is 348 Å². The average Bonchev–Trinajstić information content (AvgIpc) is 4.03. The molecule has 7 atom stereocenters. The number of fused-ring (bicyclic) bond motifs is 3. The number of carbonyl (C=O) groups excluding carboxylic acids is 4. The van der Waals surface area contributed by atoms with E-state index in [1.807, 2.05) is 26.0 Å². The van der Waals surface area contributed by atoms with Gasteiger partial charge in [-0.15, -0.1) is 0 Å². The molecule has 14 nitrogen and oxygen atoms in total. The molecule has 0 radical (unpaired) electrons. The van der Waals surface area contributed by atoms with Crippen LogP contribution in [0.25, 0.3) is 10.8 Å². The summed E-state index contributed by atoms with van der Waals surface area (Å²) in [6, 6.07) is 3.14. The quantitative estimate of drug-likeness (QED) is 0.234. The molecule has 1 aromatic carbocycles. The fraction of sp³-hybridized carbons (Fsp3) is 0.643. The first-order chi connectivity index (χ1) is 28.0. The molecule has 6 rings (SSSR count). The van der Waals surface area contributed by atoms with E-state index < -0.39 is 91.4 Å². The van der Waals surface area contributed by atoms with Crippen molar-refractivity contribution in [1.29, 1.82) is 0 Å². The van der Waals surface area contributed by atoms with Crippen molar-refractivity contribution < 1.29 is 55.0 Å². The zero-order valence-electron chi connectivity index (χ0n) is 35.1. The van der Waals surface area contributed by atoms with Crippen LogP contribution in [0, 0.1) is 29.5 Å². The Kier molecular flexibility index (Phi) is 12.5. The van der Waals surface area contributed by atoms with E-state index in [1.165, 1.54) is 23.2 Å². The molecular formula is C42H56F3N5O9S. The molecule has 60 heavy (non-hydrogen) atoms. The van der Waals surface area contributed by atoms with Gasteiger partial charge in [0.05, 0.1) is 23.8 Å². The number of carbonyl (C=O) groups is 4. The molecule has 4 amide bonds. The number of benzene rings is 1. The standard InChI is InChI=1S/C42H56F3N5O9S/c1-8-57-33-18-26-13-16-46-35(29(26)20-31(33)43)58-28-19-32-34(51)48-42(37(53)49-60(55,56)40(6)14-15-40)21-27(42)12-10-9-11-24(2)17-25(3)30(36(52)50(32)23-28)22-47-38(54)59-39(4,5)41(7,44)45/h10,12-13,16,18,20,24-25,27-28,30,32H,8-9,11,14-15,17,19,21-23H2,1-7H3,(H,47,54)(H,48,51)(H,49,53). The highest BCUT2D eigenvalue weighted by Crippen LogP contribution is 2.48. The largest absolute Gasteiger partial charge is 0.491 e. The summed E-state index contributed by atoms with van der Waals surface area (Å²) < 4.78 is 88.0. The number of pyridine rings is 1. The highest BCUT2D eigenvalue weighted by atomic mass is 32.2. The highest BCUT2D eigenvalue weighted by Gasteiger charge is 2.63. The minimum Gasteiger partial charge on any atom is -0.491 e. The SMILES string of the molecule is CCOc1cc2ccnc(OC3CC4C(=O)NC5(C(=O)NS(=O)(=O)C6(C)CC6)CC5C=CCCC(C)CC(C)C(CNC(=O)OC(C)(C)C(C)(F)F)C(=O)N4C3)c2cc1F. The number of aromatic nitrogens is 1. The summed E-state index contributed by atoms with van der Waals surface area (Å²) in [6.45, 7) is 9.67. The molecule has 0 bridgehead atoms. The second-order valence-corrected chi connectivity index (χ2v) is 20.0. The molecule has 330 valence electrons. The van der Waals surface area contributed by atoms with Crippen LogP contribution in [-0.2, 0) is 29.1 Å². The molecule has 3 heterocycles. The van der Waals surface area contributed by atoms with Crippen LogP contribution in [0.15, 0.2) is 36.5 Å². The third-order valence-electron chi connectivity index (χ3n) is 12.6. The lowest BCUT2D eigenvalue weighted by molar-refractivity contribution is -0.150. The summed E-state index contributed by atoms with van der Waals surface area (Å²) in [5, 5.41) is 6.21. The van der Waals surface area contributed by atoms with E-state index in [1.54, 1.807) is 19.9 Å². The molecule has 2 saturated carbocycles. The van der Waals surface area contributed by atoms with Crippen LogP contribution >= 0.6 is 0 Å². The molecule has 7 unspecified atom stereocenters. The van der Waals surface area contributed by atoms with Gasteiger partial charge in [-0.3, -0.25) is 19.1 Å². The Hall–Kier alpha value is -4.61. The van der Waals surface area contributed by atoms with E-state index >= 15 is 4.39 Å². The molecule has 2 aromatic rings. The Morgan fingerprint density at radius 1 is 1.12 bits per heavy atom. The summed E-state index contributed by atoms with van der Waals surface area (Å²) in [7, 11) is -4.07. The van der Waals surface area contributed by atoms with Gasteiger partial charge in [-0.1, -0.05) is 26.0 Å². The number of amides is 4. The van der Waals surface area contributed by atoms with Crippen molar-refractivity contribution in [3.05, 3.63) is 42.4 Å². The van der Waals surface area contributed by atoms with Gasteiger partial charge in [0.15, 0.2) is 17.2 Å². The van der Waals surface area contributed by atoms with Gasteiger partial charge in [0.25, 0.3) is 11.8 Å². The lowest BCUT2D eigenvalue weighted by atomic mass is 9.83. The molecule has 2 aliphatic heterocycles. The Bertz CT molecular complexity index is 2140. The third kappa shape index (κ3) is 9.32. The predicted molar refractivity (Wildman–Crippen MR) is 215 cm³/mol. The summed E-state index contributed by atoms with van der Waals surface area (Å²) in [6.07, 6.45) is 5.75. The number of alkyl halides is 2. The fourth-order valence-corrected chi connectivity index (χ4v) is 9.27. The molecule has 4 aliphatic rings. The van der Waals surface area contributed by atoms with E-state index in [2.05, 4.69) is 20.3 Å². The molecule has 1 aromatic heterocycles. The summed E-state index contributed by atoms with van der Waals surface area (Å²) in [5.74, 6) is -7.93. The number of ether oxygens (including phenoxy) is 3. The van der Waals surface area contributed by atoms with Crippen molar-refractivity contribution in [2.24, 2.45) is 23.7 Å². The zero-order chi connectivity index (χ0) is 44.0.